The number of rotatable bonds is 0. The number of aryl methyl sites for hydroxylation is 1. The van der Waals surface area contributed by atoms with Gasteiger partial charge in [0.05, 0.1) is 18.0 Å². The minimum atomic E-state index is 1.09. The molecule has 2 nitrogen and oxygen atoms in total. The van der Waals surface area contributed by atoms with Crippen molar-refractivity contribution < 1.29 is 0 Å². The van der Waals surface area contributed by atoms with Crippen molar-refractivity contribution >= 4 is 21.4 Å². The summed E-state index contributed by atoms with van der Waals surface area (Å²) in [4.78, 5) is 4.04. The first kappa shape index (κ1) is 6.85. The second-order valence-electron chi connectivity index (χ2n) is 2.55. The Bertz CT molecular complexity index is 392. The quantitative estimate of drug-likeness (QED) is 0.653. The van der Waals surface area contributed by atoms with Gasteiger partial charge in [-0.1, -0.05) is 0 Å². The molecule has 0 aromatic carbocycles. The third-order valence-electron chi connectivity index (χ3n) is 1.61. The first-order valence-corrected chi connectivity index (χ1v) is 4.14. The third kappa shape index (κ3) is 1.05. The maximum absolute atomic E-state index is 4.04. The molecule has 0 spiro atoms. The fraction of sp³-hybridized carbons (Fsp3) is 0.125. The molecule has 3 heteroatoms. The standard InChI is InChI=1S/C8H7BrN2/c1-6-2-7(9)8-3-10-5-11(8)4-6/h2-5H,1H3. The SMILES string of the molecule is Cc1cc(Br)c2cncn2c1. The van der Waals surface area contributed by atoms with E-state index in [0.717, 1.165) is 9.99 Å². The lowest BCUT2D eigenvalue weighted by atomic mass is 10.3. The number of pyridine rings is 1. The van der Waals surface area contributed by atoms with Crippen LogP contribution in [0, 0.1) is 6.92 Å². The normalized spacial score (nSPS) is 10.7. The van der Waals surface area contributed by atoms with Gasteiger partial charge in [-0.3, -0.25) is 0 Å². The molecule has 2 rings (SSSR count). The summed E-state index contributed by atoms with van der Waals surface area (Å²) in [6, 6.07) is 2.08. The summed E-state index contributed by atoms with van der Waals surface area (Å²) < 4.78 is 3.09. The molecule has 0 aliphatic heterocycles. The minimum Gasteiger partial charge on any atom is -0.305 e. The molecule has 56 valence electrons. The van der Waals surface area contributed by atoms with Gasteiger partial charge < -0.3 is 4.40 Å². The van der Waals surface area contributed by atoms with Crippen LogP contribution in [0.5, 0.6) is 0 Å². The topological polar surface area (TPSA) is 17.3 Å². The maximum atomic E-state index is 4.04. The van der Waals surface area contributed by atoms with Gasteiger partial charge in [0.1, 0.15) is 0 Å². The molecule has 2 aromatic heterocycles. The Morgan fingerprint density at radius 2 is 2.36 bits per heavy atom. The zero-order valence-electron chi connectivity index (χ0n) is 6.08. The molecule has 0 saturated carbocycles. The molecule has 0 unspecified atom stereocenters. The van der Waals surface area contributed by atoms with E-state index >= 15 is 0 Å². The summed E-state index contributed by atoms with van der Waals surface area (Å²) in [5.41, 5.74) is 2.33. The Hall–Kier alpha value is -0.830. The molecule has 11 heavy (non-hydrogen) atoms. The second-order valence-corrected chi connectivity index (χ2v) is 3.41. The maximum Gasteiger partial charge on any atom is 0.0992 e. The van der Waals surface area contributed by atoms with Crippen LogP contribution >= 0.6 is 15.9 Å². The van der Waals surface area contributed by atoms with Gasteiger partial charge in [0.25, 0.3) is 0 Å². The van der Waals surface area contributed by atoms with Crippen LogP contribution < -0.4 is 0 Å². The van der Waals surface area contributed by atoms with Gasteiger partial charge in [0.2, 0.25) is 0 Å². The number of imidazole rings is 1. The number of fused-ring (bicyclic) bond motifs is 1. The Kier molecular flexibility index (Phi) is 1.46. The van der Waals surface area contributed by atoms with E-state index in [1.165, 1.54) is 5.56 Å². The molecule has 2 aromatic rings. The second kappa shape index (κ2) is 2.34. The van der Waals surface area contributed by atoms with E-state index in [4.69, 9.17) is 0 Å². The van der Waals surface area contributed by atoms with Crippen molar-refractivity contribution in [2.75, 3.05) is 0 Å². The lowest BCUT2D eigenvalue weighted by Gasteiger charge is -1.97. The minimum absolute atomic E-state index is 1.09. The van der Waals surface area contributed by atoms with Gasteiger partial charge in [-0.25, -0.2) is 4.98 Å². The van der Waals surface area contributed by atoms with Crippen LogP contribution in [0.2, 0.25) is 0 Å². The van der Waals surface area contributed by atoms with E-state index in [0.29, 0.717) is 0 Å². The summed E-state index contributed by atoms with van der Waals surface area (Å²) >= 11 is 3.47. The van der Waals surface area contributed by atoms with E-state index < -0.39 is 0 Å². The van der Waals surface area contributed by atoms with Gasteiger partial charge >= 0.3 is 0 Å². The first-order valence-electron chi connectivity index (χ1n) is 3.35. The number of aromatic nitrogens is 2. The van der Waals surface area contributed by atoms with Crippen molar-refractivity contribution in [3.05, 3.63) is 34.8 Å². The van der Waals surface area contributed by atoms with E-state index in [2.05, 4.69) is 33.9 Å². The van der Waals surface area contributed by atoms with Crippen LogP contribution in [0.4, 0.5) is 0 Å². The predicted molar refractivity (Wildman–Crippen MR) is 47.6 cm³/mol. The van der Waals surface area contributed by atoms with Gasteiger partial charge in [0, 0.05) is 10.7 Å². The lowest BCUT2D eigenvalue weighted by molar-refractivity contribution is 1.13. The monoisotopic (exact) mass is 210 g/mol. The highest BCUT2D eigenvalue weighted by Gasteiger charge is 1.98. The molecular formula is C8H7BrN2. The van der Waals surface area contributed by atoms with Crippen molar-refractivity contribution in [2.24, 2.45) is 0 Å². The Balaban J connectivity index is 2.91. The number of nitrogens with zero attached hydrogens (tertiary/aromatic N) is 2. The highest BCUT2D eigenvalue weighted by molar-refractivity contribution is 9.10. The van der Waals surface area contributed by atoms with Crippen molar-refractivity contribution in [2.45, 2.75) is 6.92 Å². The Morgan fingerprint density at radius 3 is 3.18 bits per heavy atom. The summed E-state index contributed by atoms with van der Waals surface area (Å²) in [5, 5.41) is 0. The van der Waals surface area contributed by atoms with Crippen LogP contribution in [-0.2, 0) is 0 Å². The fourth-order valence-electron chi connectivity index (χ4n) is 1.12. The molecule has 0 aliphatic rings. The highest BCUT2D eigenvalue weighted by Crippen LogP contribution is 2.18. The van der Waals surface area contributed by atoms with E-state index in [1.807, 2.05) is 16.8 Å². The summed E-state index contributed by atoms with van der Waals surface area (Å²) in [5.74, 6) is 0. The largest absolute Gasteiger partial charge is 0.305 e. The van der Waals surface area contributed by atoms with Crippen LogP contribution in [0.15, 0.2) is 29.3 Å². The number of hydrogen-bond acceptors (Lipinski definition) is 1. The number of halogens is 1. The zero-order valence-corrected chi connectivity index (χ0v) is 7.67. The predicted octanol–water partition coefficient (Wildman–Crippen LogP) is 2.41. The summed E-state index contributed by atoms with van der Waals surface area (Å²) in [6.45, 7) is 2.06. The van der Waals surface area contributed by atoms with E-state index in [-0.39, 0.29) is 0 Å². The first-order chi connectivity index (χ1) is 5.27. The fourth-order valence-corrected chi connectivity index (χ4v) is 1.79. The highest BCUT2D eigenvalue weighted by atomic mass is 79.9. The lowest BCUT2D eigenvalue weighted by Crippen LogP contribution is -1.84. The van der Waals surface area contributed by atoms with Crippen LogP contribution in [0.25, 0.3) is 5.52 Å². The van der Waals surface area contributed by atoms with Gasteiger partial charge in [-0.15, -0.1) is 0 Å². The molecule has 0 N–H and O–H groups in total. The van der Waals surface area contributed by atoms with Crippen LogP contribution in [0.1, 0.15) is 5.56 Å². The molecule has 0 bridgehead atoms. The third-order valence-corrected chi connectivity index (χ3v) is 2.24. The van der Waals surface area contributed by atoms with Crippen molar-refractivity contribution in [1.82, 2.24) is 9.38 Å². The molecule has 0 radical (unpaired) electrons. The summed E-state index contributed by atoms with van der Waals surface area (Å²) in [7, 11) is 0. The van der Waals surface area contributed by atoms with Crippen molar-refractivity contribution in [3.8, 4) is 0 Å². The van der Waals surface area contributed by atoms with Crippen molar-refractivity contribution in [1.29, 1.82) is 0 Å². The van der Waals surface area contributed by atoms with Gasteiger partial charge in [-0.2, -0.15) is 0 Å². The molecule has 0 aliphatic carbocycles. The number of hydrogen-bond donors (Lipinski definition) is 0. The Morgan fingerprint density at radius 1 is 1.55 bits per heavy atom. The smallest absolute Gasteiger partial charge is 0.0992 e. The molecule has 0 amide bonds. The zero-order chi connectivity index (χ0) is 7.84. The van der Waals surface area contributed by atoms with Crippen LogP contribution in [0.3, 0.4) is 0 Å². The molecule has 0 fully saturated rings. The molecule has 0 saturated heterocycles. The summed E-state index contributed by atoms with van der Waals surface area (Å²) in [6.07, 6.45) is 5.68. The van der Waals surface area contributed by atoms with Crippen LogP contribution in [-0.4, -0.2) is 9.38 Å². The molecule has 0 atom stereocenters. The Labute approximate surface area is 73.0 Å². The van der Waals surface area contributed by atoms with E-state index in [1.54, 1.807) is 6.33 Å². The van der Waals surface area contributed by atoms with E-state index in [9.17, 15) is 0 Å². The average Bonchev–Trinajstić information content (AvgIpc) is 2.34. The molecule has 2 heterocycles. The average molecular weight is 211 g/mol. The van der Waals surface area contributed by atoms with Crippen molar-refractivity contribution in [3.63, 3.8) is 0 Å². The van der Waals surface area contributed by atoms with Gasteiger partial charge in [0.15, 0.2) is 0 Å². The molecular weight excluding hydrogens is 204 g/mol. The van der Waals surface area contributed by atoms with Gasteiger partial charge in [-0.05, 0) is 34.5 Å².